The molecule has 0 saturated heterocycles. The quantitative estimate of drug-likeness (QED) is 0.666. The van der Waals surface area contributed by atoms with Crippen molar-refractivity contribution in [1.82, 2.24) is 5.32 Å². The lowest BCUT2D eigenvalue weighted by molar-refractivity contribution is -0.118. The van der Waals surface area contributed by atoms with Crippen molar-refractivity contribution in [1.29, 1.82) is 0 Å². The molecule has 0 aliphatic heterocycles. The first kappa shape index (κ1) is 19.8. The van der Waals surface area contributed by atoms with Gasteiger partial charge in [0.15, 0.2) is 11.5 Å². The molecule has 2 amide bonds. The summed E-state index contributed by atoms with van der Waals surface area (Å²) in [4.78, 5) is 25.0. The van der Waals surface area contributed by atoms with Gasteiger partial charge in [-0.15, -0.1) is 0 Å². The van der Waals surface area contributed by atoms with Crippen LogP contribution in [-0.2, 0) is 4.79 Å². The zero-order valence-electron chi connectivity index (χ0n) is 14.7. The SMILES string of the molecule is COc1ccc(NC(=O)[C@@H](NC(=O)c2ccc(Br)cc2)C(C)C)cc1O. The summed E-state index contributed by atoms with van der Waals surface area (Å²) in [6, 6.07) is 10.7. The van der Waals surface area contributed by atoms with Crippen LogP contribution in [0.1, 0.15) is 24.2 Å². The van der Waals surface area contributed by atoms with Gasteiger partial charge in [0, 0.05) is 21.8 Å². The minimum absolute atomic E-state index is 0.0784. The van der Waals surface area contributed by atoms with Crippen LogP contribution in [0.15, 0.2) is 46.9 Å². The number of amides is 2. The normalized spacial score (nSPS) is 11.7. The second-order valence-corrected chi connectivity index (χ2v) is 6.99. The van der Waals surface area contributed by atoms with Crippen LogP contribution in [0, 0.1) is 5.92 Å². The zero-order valence-corrected chi connectivity index (χ0v) is 16.3. The van der Waals surface area contributed by atoms with Crippen molar-refractivity contribution in [2.75, 3.05) is 12.4 Å². The Kier molecular flexibility index (Phi) is 6.63. The first-order chi connectivity index (χ1) is 12.3. The number of carbonyl (C=O) groups excluding carboxylic acids is 2. The van der Waals surface area contributed by atoms with Crippen LogP contribution in [0.4, 0.5) is 5.69 Å². The Morgan fingerprint density at radius 1 is 1.12 bits per heavy atom. The van der Waals surface area contributed by atoms with E-state index >= 15 is 0 Å². The molecule has 0 aliphatic rings. The second-order valence-electron chi connectivity index (χ2n) is 6.08. The molecule has 1 atom stereocenters. The van der Waals surface area contributed by atoms with Crippen molar-refractivity contribution in [2.24, 2.45) is 5.92 Å². The number of carbonyl (C=O) groups is 2. The lowest BCUT2D eigenvalue weighted by Gasteiger charge is -2.22. The molecule has 0 heterocycles. The van der Waals surface area contributed by atoms with Gasteiger partial charge < -0.3 is 20.5 Å². The standard InChI is InChI=1S/C19H21BrN2O4/c1-11(2)17(22-18(24)12-4-6-13(20)7-5-12)19(25)21-14-8-9-16(26-3)15(23)10-14/h4-11,17,23H,1-3H3,(H,21,25)(H,22,24)/t17-/m0/s1. The number of aromatic hydroxyl groups is 1. The van der Waals surface area contributed by atoms with Crippen LogP contribution < -0.4 is 15.4 Å². The Hall–Kier alpha value is -2.54. The van der Waals surface area contributed by atoms with Gasteiger partial charge in [0.25, 0.3) is 5.91 Å². The van der Waals surface area contributed by atoms with E-state index in [1.165, 1.54) is 13.2 Å². The molecule has 0 aliphatic carbocycles. The van der Waals surface area contributed by atoms with Crippen molar-refractivity contribution >= 4 is 33.4 Å². The average molecular weight is 421 g/mol. The van der Waals surface area contributed by atoms with Crippen molar-refractivity contribution in [2.45, 2.75) is 19.9 Å². The highest BCUT2D eigenvalue weighted by Gasteiger charge is 2.25. The third-order valence-corrected chi connectivity index (χ3v) is 4.32. The molecule has 138 valence electrons. The molecule has 0 bridgehead atoms. The third-order valence-electron chi connectivity index (χ3n) is 3.79. The summed E-state index contributed by atoms with van der Waals surface area (Å²) in [7, 11) is 1.44. The highest BCUT2D eigenvalue weighted by Crippen LogP contribution is 2.28. The summed E-state index contributed by atoms with van der Waals surface area (Å²) in [6.07, 6.45) is 0. The first-order valence-corrected chi connectivity index (χ1v) is 8.85. The minimum Gasteiger partial charge on any atom is -0.504 e. The zero-order chi connectivity index (χ0) is 19.3. The van der Waals surface area contributed by atoms with Gasteiger partial charge in [0.1, 0.15) is 6.04 Å². The number of ether oxygens (including phenoxy) is 1. The van der Waals surface area contributed by atoms with E-state index in [2.05, 4.69) is 26.6 Å². The van der Waals surface area contributed by atoms with Crippen LogP contribution in [-0.4, -0.2) is 30.1 Å². The van der Waals surface area contributed by atoms with Gasteiger partial charge in [0.05, 0.1) is 7.11 Å². The molecule has 0 fully saturated rings. The number of phenolic OH excluding ortho intramolecular Hbond substituents is 1. The van der Waals surface area contributed by atoms with E-state index in [1.807, 2.05) is 13.8 Å². The van der Waals surface area contributed by atoms with E-state index in [9.17, 15) is 14.7 Å². The van der Waals surface area contributed by atoms with Gasteiger partial charge in [-0.05, 0) is 42.3 Å². The molecule has 26 heavy (non-hydrogen) atoms. The number of benzene rings is 2. The Morgan fingerprint density at radius 2 is 1.77 bits per heavy atom. The van der Waals surface area contributed by atoms with Crippen LogP contribution in [0.2, 0.25) is 0 Å². The fraction of sp³-hybridized carbons (Fsp3) is 0.263. The van der Waals surface area contributed by atoms with Gasteiger partial charge in [-0.1, -0.05) is 29.8 Å². The Balaban J connectivity index is 2.10. The van der Waals surface area contributed by atoms with Crippen LogP contribution in [0.5, 0.6) is 11.5 Å². The van der Waals surface area contributed by atoms with Crippen LogP contribution in [0.25, 0.3) is 0 Å². The number of halogens is 1. The predicted octanol–water partition coefficient (Wildman–Crippen LogP) is 3.56. The maximum Gasteiger partial charge on any atom is 0.251 e. The Morgan fingerprint density at radius 3 is 2.31 bits per heavy atom. The lowest BCUT2D eigenvalue weighted by atomic mass is 10.0. The van der Waals surface area contributed by atoms with Gasteiger partial charge in [-0.25, -0.2) is 0 Å². The van der Waals surface area contributed by atoms with Crippen molar-refractivity contribution < 1.29 is 19.4 Å². The third kappa shape index (κ3) is 4.98. The molecular weight excluding hydrogens is 400 g/mol. The van der Waals surface area contributed by atoms with Crippen LogP contribution >= 0.6 is 15.9 Å². The van der Waals surface area contributed by atoms with Crippen LogP contribution in [0.3, 0.4) is 0 Å². The predicted molar refractivity (Wildman–Crippen MR) is 104 cm³/mol. The van der Waals surface area contributed by atoms with E-state index < -0.39 is 6.04 Å². The van der Waals surface area contributed by atoms with Crippen molar-refractivity contribution in [3.05, 3.63) is 52.5 Å². The fourth-order valence-electron chi connectivity index (χ4n) is 2.35. The molecule has 0 radical (unpaired) electrons. The molecule has 6 nitrogen and oxygen atoms in total. The number of nitrogens with one attached hydrogen (secondary N) is 2. The van der Waals surface area contributed by atoms with Gasteiger partial charge in [0.2, 0.25) is 5.91 Å². The number of phenols is 1. The maximum absolute atomic E-state index is 12.6. The van der Waals surface area contributed by atoms with E-state index in [4.69, 9.17) is 4.74 Å². The average Bonchev–Trinajstić information content (AvgIpc) is 2.59. The fourth-order valence-corrected chi connectivity index (χ4v) is 2.61. The van der Waals surface area contributed by atoms with Crippen molar-refractivity contribution in [3.63, 3.8) is 0 Å². The molecular formula is C19H21BrN2O4. The summed E-state index contributed by atoms with van der Waals surface area (Å²) in [5, 5.41) is 15.3. The van der Waals surface area contributed by atoms with E-state index in [0.717, 1.165) is 4.47 Å². The molecule has 0 aromatic heterocycles. The molecule has 0 unspecified atom stereocenters. The van der Waals surface area contributed by atoms with Gasteiger partial charge >= 0.3 is 0 Å². The largest absolute Gasteiger partial charge is 0.504 e. The summed E-state index contributed by atoms with van der Waals surface area (Å²) in [6.45, 7) is 3.69. The summed E-state index contributed by atoms with van der Waals surface area (Å²) < 4.78 is 5.84. The monoisotopic (exact) mass is 420 g/mol. The van der Waals surface area contributed by atoms with E-state index in [-0.39, 0.29) is 23.5 Å². The van der Waals surface area contributed by atoms with Gasteiger partial charge in [-0.3, -0.25) is 9.59 Å². The lowest BCUT2D eigenvalue weighted by Crippen LogP contribution is -2.47. The minimum atomic E-state index is -0.726. The number of rotatable bonds is 6. The van der Waals surface area contributed by atoms with E-state index in [0.29, 0.717) is 17.0 Å². The molecule has 2 rings (SSSR count). The molecule has 3 N–H and O–H groups in total. The maximum atomic E-state index is 12.6. The topological polar surface area (TPSA) is 87.7 Å². The first-order valence-electron chi connectivity index (χ1n) is 8.06. The molecule has 2 aromatic rings. The van der Waals surface area contributed by atoms with Gasteiger partial charge in [-0.2, -0.15) is 0 Å². The second kappa shape index (κ2) is 8.71. The summed E-state index contributed by atoms with van der Waals surface area (Å²) >= 11 is 3.32. The number of hydrogen-bond donors (Lipinski definition) is 3. The van der Waals surface area contributed by atoms with Crippen molar-refractivity contribution in [3.8, 4) is 11.5 Å². The Bertz CT molecular complexity index is 791. The molecule has 0 spiro atoms. The number of hydrogen-bond acceptors (Lipinski definition) is 4. The number of methoxy groups -OCH3 is 1. The molecule has 2 aromatic carbocycles. The van der Waals surface area contributed by atoms with E-state index in [1.54, 1.807) is 36.4 Å². The highest BCUT2D eigenvalue weighted by atomic mass is 79.9. The molecule has 0 saturated carbocycles. The Labute approximate surface area is 160 Å². The summed E-state index contributed by atoms with van der Waals surface area (Å²) in [5.74, 6) is -0.586. The molecule has 7 heteroatoms. The summed E-state index contributed by atoms with van der Waals surface area (Å²) in [5.41, 5.74) is 0.880. The number of anilines is 1. The smallest absolute Gasteiger partial charge is 0.251 e. The highest BCUT2D eigenvalue weighted by molar-refractivity contribution is 9.10.